The molecule has 20 heavy (non-hydrogen) atoms. The van der Waals surface area contributed by atoms with E-state index in [-0.39, 0.29) is 0 Å². The molecule has 0 saturated heterocycles. The van der Waals surface area contributed by atoms with Crippen LogP contribution in [0, 0.1) is 0 Å². The molecule has 1 saturated carbocycles. The minimum atomic E-state index is 0.429. The second-order valence-electron chi connectivity index (χ2n) is 6.32. The van der Waals surface area contributed by atoms with Crippen LogP contribution in [0.1, 0.15) is 61.1 Å². The van der Waals surface area contributed by atoms with Crippen molar-refractivity contribution in [3.05, 3.63) is 34.9 Å². The maximum atomic E-state index is 10.8. The molecule has 0 aromatic heterocycles. The molecule has 1 fully saturated rings. The van der Waals surface area contributed by atoms with Crippen LogP contribution in [0.4, 0.5) is 0 Å². The highest BCUT2D eigenvalue weighted by atomic mass is 16.3. The minimum Gasteiger partial charge on any atom is -0.507 e. The number of aryl methyl sites for hydroxylation is 1. The summed E-state index contributed by atoms with van der Waals surface area (Å²) >= 11 is 0. The van der Waals surface area contributed by atoms with Crippen LogP contribution < -0.4 is 0 Å². The van der Waals surface area contributed by atoms with E-state index < -0.39 is 0 Å². The normalized spacial score (nSPS) is 23.4. The molecule has 2 unspecified atom stereocenters. The highest BCUT2D eigenvalue weighted by Crippen LogP contribution is 2.60. The molecular formula is C18H20O2. The van der Waals surface area contributed by atoms with Crippen LogP contribution in [0.3, 0.4) is 0 Å². The Labute approximate surface area is 119 Å². The number of aromatic hydroxyl groups is 2. The standard InChI is InChI=1S/C18H20O2/c1-2-4-10-5-3-6-13-14(10)18(20)16-12-8-7-11(9-12)15(16)17(13)19/h3,5-6,11-12,19-20H,2,4,7-9H2,1H3. The van der Waals surface area contributed by atoms with Crippen molar-refractivity contribution < 1.29 is 10.2 Å². The topological polar surface area (TPSA) is 40.5 Å². The smallest absolute Gasteiger partial charge is 0.127 e. The Morgan fingerprint density at radius 3 is 2.45 bits per heavy atom. The Hall–Kier alpha value is -1.70. The zero-order chi connectivity index (χ0) is 13.9. The highest BCUT2D eigenvalue weighted by molar-refractivity contribution is 5.98. The van der Waals surface area contributed by atoms with Crippen molar-refractivity contribution in [2.75, 3.05) is 0 Å². The molecule has 2 bridgehead atoms. The summed E-state index contributed by atoms with van der Waals surface area (Å²) < 4.78 is 0. The zero-order valence-electron chi connectivity index (χ0n) is 11.8. The summed E-state index contributed by atoms with van der Waals surface area (Å²) in [6.45, 7) is 2.14. The van der Waals surface area contributed by atoms with Crippen LogP contribution >= 0.6 is 0 Å². The van der Waals surface area contributed by atoms with Gasteiger partial charge in [0.15, 0.2) is 0 Å². The van der Waals surface area contributed by atoms with Crippen molar-refractivity contribution in [3.63, 3.8) is 0 Å². The van der Waals surface area contributed by atoms with Gasteiger partial charge < -0.3 is 10.2 Å². The van der Waals surface area contributed by atoms with Gasteiger partial charge in [-0.15, -0.1) is 0 Å². The third-order valence-electron chi connectivity index (χ3n) is 5.21. The van der Waals surface area contributed by atoms with Crippen molar-refractivity contribution in [1.29, 1.82) is 0 Å². The maximum Gasteiger partial charge on any atom is 0.127 e. The zero-order valence-corrected chi connectivity index (χ0v) is 11.8. The van der Waals surface area contributed by atoms with Gasteiger partial charge in [0.05, 0.1) is 0 Å². The molecular weight excluding hydrogens is 248 g/mol. The van der Waals surface area contributed by atoms with E-state index in [9.17, 15) is 10.2 Å². The molecule has 4 rings (SSSR count). The molecule has 104 valence electrons. The molecule has 2 nitrogen and oxygen atoms in total. The lowest BCUT2D eigenvalue weighted by molar-refractivity contribution is 0.451. The summed E-state index contributed by atoms with van der Waals surface area (Å²) in [7, 11) is 0. The third kappa shape index (κ3) is 1.39. The summed E-state index contributed by atoms with van der Waals surface area (Å²) in [5, 5.41) is 23.2. The van der Waals surface area contributed by atoms with E-state index in [1.54, 1.807) is 0 Å². The van der Waals surface area contributed by atoms with Crippen LogP contribution in [0.5, 0.6) is 11.5 Å². The van der Waals surface area contributed by atoms with E-state index in [4.69, 9.17) is 0 Å². The summed E-state index contributed by atoms with van der Waals surface area (Å²) in [6, 6.07) is 6.01. The van der Waals surface area contributed by atoms with E-state index in [1.807, 2.05) is 12.1 Å². The average molecular weight is 268 g/mol. The predicted octanol–water partition coefficient (Wildman–Crippen LogP) is 4.57. The van der Waals surface area contributed by atoms with Gasteiger partial charge in [0.1, 0.15) is 11.5 Å². The highest BCUT2D eigenvalue weighted by Gasteiger charge is 2.42. The van der Waals surface area contributed by atoms with Gasteiger partial charge in [-0.3, -0.25) is 0 Å². The van der Waals surface area contributed by atoms with Crippen LogP contribution in [-0.4, -0.2) is 10.2 Å². The number of hydrogen-bond acceptors (Lipinski definition) is 2. The largest absolute Gasteiger partial charge is 0.507 e. The van der Waals surface area contributed by atoms with Crippen molar-refractivity contribution in [2.24, 2.45) is 0 Å². The number of phenolic OH excluding ortho intramolecular Hbond substituents is 2. The van der Waals surface area contributed by atoms with E-state index in [0.29, 0.717) is 23.3 Å². The SMILES string of the molecule is CCCc1cccc2c(O)c3c(c(O)c12)C1CCC3C1. The van der Waals surface area contributed by atoms with Crippen LogP contribution in [0.25, 0.3) is 10.8 Å². The van der Waals surface area contributed by atoms with E-state index in [1.165, 1.54) is 0 Å². The van der Waals surface area contributed by atoms with Crippen LogP contribution in [-0.2, 0) is 6.42 Å². The van der Waals surface area contributed by atoms with Crippen molar-refractivity contribution >= 4 is 10.8 Å². The van der Waals surface area contributed by atoms with Crippen LogP contribution in [0.2, 0.25) is 0 Å². The van der Waals surface area contributed by atoms with Crippen molar-refractivity contribution in [3.8, 4) is 11.5 Å². The summed E-state index contributed by atoms with van der Waals surface area (Å²) in [5.41, 5.74) is 3.25. The fraction of sp³-hybridized carbons (Fsp3) is 0.444. The molecule has 0 aliphatic heterocycles. The minimum absolute atomic E-state index is 0.429. The molecule has 2 aliphatic rings. The van der Waals surface area contributed by atoms with Gasteiger partial charge in [0.25, 0.3) is 0 Å². The first kappa shape index (κ1) is 12.1. The summed E-state index contributed by atoms with van der Waals surface area (Å²) in [6.07, 6.45) is 5.41. The lowest BCUT2D eigenvalue weighted by Crippen LogP contribution is -2.01. The monoisotopic (exact) mass is 268 g/mol. The first-order valence-electron chi connectivity index (χ1n) is 7.71. The first-order chi connectivity index (χ1) is 9.72. The molecule has 0 radical (unpaired) electrons. The summed E-state index contributed by atoms with van der Waals surface area (Å²) in [5.74, 6) is 1.79. The maximum absolute atomic E-state index is 10.8. The van der Waals surface area contributed by atoms with Gasteiger partial charge in [0.2, 0.25) is 0 Å². The van der Waals surface area contributed by atoms with Crippen LogP contribution in [0.15, 0.2) is 18.2 Å². The molecule has 2 heteroatoms. The molecule has 2 atom stereocenters. The first-order valence-corrected chi connectivity index (χ1v) is 7.71. The number of fused-ring (bicyclic) bond motifs is 6. The van der Waals surface area contributed by atoms with Crippen molar-refractivity contribution in [1.82, 2.24) is 0 Å². The number of hydrogen-bond donors (Lipinski definition) is 2. The molecule has 0 amide bonds. The Morgan fingerprint density at radius 1 is 1.05 bits per heavy atom. The lowest BCUT2D eigenvalue weighted by Gasteiger charge is -2.21. The van der Waals surface area contributed by atoms with Gasteiger partial charge >= 0.3 is 0 Å². The van der Waals surface area contributed by atoms with Gasteiger partial charge in [-0.1, -0.05) is 31.5 Å². The molecule has 0 heterocycles. The molecule has 2 N–H and O–H groups in total. The molecule has 2 aromatic rings. The Kier molecular flexibility index (Phi) is 2.50. The number of benzene rings is 2. The molecule has 2 aromatic carbocycles. The Bertz CT molecular complexity index is 702. The summed E-state index contributed by atoms with van der Waals surface area (Å²) in [4.78, 5) is 0. The Morgan fingerprint density at radius 2 is 1.75 bits per heavy atom. The fourth-order valence-electron chi connectivity index (χ4n) is 4.42. The van der Waals surface area contributed by atoms with E-state index in [2.05, 4.69) is 13.0 Å². The second kappa shape index (κ2) is 4.15. The average Bonchev–Trinajstić information content (AvgIpc) is 3.06. The third-order valence-corrected chi connectivity index (χ3v) is 5.21. The lowest BCUT2D eigenvalue weighted by atomic mass is 9.86. The molecule has 0 spiro atoms. The van der Waals surface area contributed by atoms with Gasteiger partial charge in [-0.05, 0) is 43.1 Å². The quantitative estimate of drug-likeness (QED) is 0.783. The van der Waals surface area contributed by atoms with E-state index in [0.717, 1.165) is 59.6 Å². The van der Waals surface area contributed by atoms with Gasteiger partial charge in [-0.2, -0.15) is 0 Å². The molecule has 2 aliphatic carbocycles. The number of phenols is 2. The van der Waals surface area contributed by atoms with Crippen molar-refractivity contribution in [2.45, 2.75) is 50.9 Å². The fourth-order valence-corrected chi connectivity index (χ4v) is 4.42. The second-order valence-corrected chi connectivity index (χ2v) is 6.32. The number of rotatable bonds is 2. The van der Waals surface area contributed by atoms with E-state index >= 15 is 0 Å². The Balaban J connectivity index is 2.10. The predicted molar refractivity (Wildman–Crippen MR) is 80.6 cm³/mol. The van der Waals surface area contributed by atoms with Gasteiger partial charge in [-0.25, -0.2) is 0 Å². The van der Waals surface area contributed by atoms with Gasteiger partial charge in [0, 0.05) is 21.9 Å².